The summed E-state index contributed by atoms with van der Waals surface area (Å²) in [6.45, 7) is 5.59. The zero-order valence-corrected chi connectivity index (χ0v) is 16.2. The fraction of sp³-hybridized carbons (Fsp3) is 0.333. The molecule has 6 heteroatoms. The van der Waals surface area contributed by atoms with Crippen LogP contribution in [-0.4, -0.2) is 45.7 Å². The summed E-state index contributed by atoms with van der Waals surface area (Å²) in [6, 6.07) is 12.0. The smallest absolute Gasteiger partial charge is 0.338 e. The van der Waals surface area contributed by atoms with Gasteiger partial charge in [-0.05, 0) is 56.3 Å². The number of rotatable bonds is 9. The lowest BCUT2D eigenvalue weighted by molar-refractivity contribution is 0.0474. The Morgan fingerprint density at radius 3 is 2.00 bits per heavy atom. The lowest BCUT2D eigenvalue weighted by Gasteiger charge is -2.20. The van der Waals surface area contributed by atoms with E-state index < -0.39 is 5.97 Å². The van der Waals surface area contributed by atoms with Gasteiger partial charge in [0.25, 0.3) is 0 Å². The van der Waals surface area contributed by atoms with E-state index in [0.29, 0.717) is 22.6 Å². The van der Waals surface area contributed by atoms with Crippen molar-refractivity contribution in [2.45, 2.75) is 13.8 Å². The maximum Gasteiger partial charge on any atom is 0.338 e. The van der Waals surface area contributed by atoms with Gasteiger partial charge in [0.1, 0.15) is 0 Å². The van der Waals surface area contributed by atoms with Crippen molar-refractivity contribution < 1.29 is 23.8 Å². The van der Waals surface area contributed by atoms with Gasteiger partial charge in [-0.2, -0.15) is 0 Å². The number of hydrogen-bond donors (Lipinski definition) is 0. The summed E-state index contributed by atoms with van der Waals surface area (Å²) < 4.78 is 15.5. The Kier molecular flexibility index (Phi) is 7.23. The van der Waals surface area contributed by atoms with Crippen molar-refractivity contribution in [1.29, 1.82) is 0 Å². The number of ether oxygens (including phenoxy) is 3. The monoisotopic (exact) mass is 371 g/mol. The molecule has 0 atom stereocenters. The predicted octanol–water partition coefficient (Wildman–Crippen LogP) is 3.59. The first-order valence-corrected chi connectivity index (χ1v) is 8.81. The molecule has 0 aliphatic carbocycles. The predicted molar refractivity (Wildman–Crippen MR) is 104 cm³/mol. The van der Waals surface area contributed by atoms with Gasteiger partial charge in [-0.1, -0.05) is 0 Å². The van der Waals surface area contributed by atoms with Crippen LogP contribution in [0, 0.1) is 0 Å². The van der Waals surface area contributed by atoms with Crippen LogP contribution in [0.5, 0.6) is 11.5 Å². The molecule has 0 heterocycles. The molecule has 0 radical (unpaired) electrons. The Hall–Kier alpha value is -3.02. The summed E-state index contributed by atoms with van der Waals surface area (Å²) in [6.07, 6.45) is 0. The number of nitrogens with zero attached hydrogens (tertiary/aromatic N) is 1. The van der Waals surface area contributed by atoms with Crippen LogP contribution < -0.4 is 14.4 Å². The summed E-state index contributed by atoms with van der Waals surface area (Å²) in [5, 5.41) is 0. The lowest BCUT2D eigenvalue weighted by Crippen LogP contribution is -2.21. The summed E-state index contributed by atoms with van der Waals surface area (Å²) in [5.41, 5.74) is 1.83. The minimum atomic E-state index is -0.532. The van der Waals surface area contributed by atoms with Gasteiger partial charge in [-0.3, -0.25) is 4.79 Å². The van der Waals surface area contributed by atoms with Crippen LogP contribution in [0.4, 0.5) is 5.69 Å². The van der Waals surface area contributed by atoms with Crippen LogP contribution in [0.3, 0.4) is 0 Å². The number of methoxy groups -OCH3 is 2. The Morgan fingerprint density at radius 2 is 1.44 bits per heavy atom. The molecule has 0 spiro atoms. The highest BCUT2D eigenvalue weighted by molar-refractivity contribution is 5.99. The van der Waals surface area contributed by atoms with E-state index in [2.05, 4.69) is 18.7 Å². The van der Waals surface area contributed by atoms with Crippen molar-refractivity contribution in [1.82, 2.24) is 0 Å². The quantitative estimate of drug-likeness (QED) is 0.496. The minimum Gasteiger partial charge on any atom is -0.493 e. The van der Waals surface area contributed by atoms with Crippen molar-refractivity contribution in [2.75, 3.05) is 38.8 Å². The standard InChI is InChI=1S/C21H25NO5/c1-5-22(6-2)17-10-7-15(8-11-17)21(24)27-14-18(23)16-9-12-19(25-3)20(13-16)26-4/h7-13H,5-6,14H2,1-4H3. The number of ketones is 1. The Bertz CT molecular complexity index is 782. The molecular weight excluding hydrogens is 346 g/mol. The molecule has 0 N–H and O–H groups in total. The summed E-state index contributed by atoms with van der Waals surface area (Å²) in [7, 11) is 3.01. The largest absolute Gasteiger partial charge is 0.493 e. The zero-order chi connectivity index (χ0) is 19.8. The highest BCUT2D eigenvalue weighted by atomic mass is 16.5. The minimum absolute atomic E-state index is 0.316. The van der Waals surface area contributed by atoms with E-state index in [-0.39, 0.29) is 12.4 Å². The molecule has 0 saturated heterocycles. The number of carbonyl (C=O) groups is 2. The first-order valence-electron chi connectivity index (χ1n) is 8.81. The molecule has 0 bridgehead atoms. The van der Waals surface area contributed by atoms with Crippen LogP contribution in [0.2, 0.25) is 0 Å². The van der Waals surface area contributed by atoms with Gasteiger partial charge in [-0.15, -0.1) is 0 Å². The van der Waals surface area contributed by atoms with E-state index in [1.807, 2.05) is 12.1 Å². The molecule has 2 aromatic carbocycles. The van der Waals surface area contributed by atoms with E-state index in [0.717, 1.165) is 18.8 Å². The second kappa shape index (κ2) is 9.62. The van der Waals surface area contributed by atoms with Gasteiger partial charge in [0.15, 0.2) is 23.9 Å². The molecule has 0 amide bonds. The molecule has 2 rings (SSSR count). The maximum absolute atomic E-state index is 12.3. The Labute approximate surface area is 159 Å². The van der Waals surface area contributed by atoms with Crippen molar-refractivity contribution in [3.63, 3.8) is 0 Å². The van der Waals surface area contributed by atoms with E-state index in [9.17, 15) is 9.59 Å². The van der Waals surface area contributed by atoms with Crippen LogP contribution in [-0.2, 0) is 4.74 Å². The zero-order valence-electron chi connectivity index (χ0n) is 16.2. The van der Waals surface area contributed by atoms with Crippen molar-refractivity contribution >= 4 is 17.4 Å². The Morgan fingerprint density at radius 1 is 0.852 bits per heavy atom. The molecule has 0 aliphatic rings. The van der Waals surface area contributed by atoms with Crippen LogP contribution in [0.25, 0.3) is 0 Å². The van der Waals surface area contributed by atoms with Crippen molar-refractivity contribution in [3.05, 3.63) is 53.6 Å². The SMILES string of the molecule is CCN(CC)c1ccc(C(=O)OCC(=O)c2ccc(OC)c(OC)c2)cc1. The molecule has 27 heavy (non-hydrogen) atoms. The third-order valence-corrected chi connectivity index (χ3v) is 4.27. The summed E-state index contributed by atoms with van der Waals surface area (Å²) >= 11 is 0. The molecule has 0 saturated carbocycles. The molecule has 0 aromatic heterocycles. The fourth-order valence-corrected chi connectivity index (χ4v) is 2.70. The molecule has 144 valence electrons. The average Bonchev–Trinajstić information content (AvgIpc) is 2.72. The molecule has 2 aromatic rings. The maximum atomic E-state index is 12.3. The second-order valence-electron chi connectivity index (χ2n) is 5.79. The summed E-state index contributed by atoms with van der Waals surface area (Å²) in [4.78, 5) is 26.7. The van der Waals surface area contributed by atoms with Crippen LogP contribution in [0.1, 0.15) is 34.6 Å². The van der Waals surface area contributed by atoms with Crippen LogP contribution in [0.15, 0.2) is 42.5 Å². The number of esters is 1. The highest BCUT2D eigenvalue weighted by Crippen LogP contribution is 2.27. The van der Waals surface area contributed by atoms with Gasteiger partial charge in [-0.25, -0.2) is 4.79 Å². The first-order chi connectivity index (χ1) is 13.0. The normalized spacial score (nSPS) is 10.2. The van der Waals surface area contributed by atoms with Gasteiger partial charge in [0.05, 0.1) is 19.8 Å². The molecular formula is C21H25NO5. The molecule has 0 fully saturated rings. The van der Waals surface area contributed by atoms with Gasteiger partial charge in [0.2, 0.25) is 0 Å². The third kappa shape index (κ3) is 5.00. The first kappa shape index (κ1) is 20.3. The number of anilines is 1. The molecule has 6 nitrogen and oxygen atoms in total. The van der Waals surface area contributed by atoms with E-state index in [1.165, 1.54) is 14.2 Å². The summed E-state index contributed by atoms with van der Waals surface area (Å²) in [5.74, 6) is 0.125. The van der Waals surface area contributed by atoms with E-state index in [4.69, 9.17) is 14.2 Å². The van der Waals surface area contributed by atoms with Gasteiger partial charge < -0.3 is 19.1 Å². The van der Waals surface area contributed by atoms with Gasteiger partial charge in [0, 0.05) is 24.3 Å². The fourth-order valence-electron chi connectivity index (χ4n) is 2.70. The van der Waals surface area contributed by atoms with Crippen molar-refractivity contribution in [3.8, 4) is 11.5 Å². The average molecular weight is 371 g/mol. The lowest BCUT2D eigenvalue weighted by atomic mass is 10.1. The van der Waals surface area contributed by atoms with E-state index >= 15 is 0 Å². The van der Waals surface area contributed by atoms with Gasteiger partial charge >= 0.3 is 5.97 Å². The number of benzene rings is 2. The van der Waals surface area contributed by atoms with Crippen LogP contribution >= 0.6 is 0 Å². The Balaban J connectivity index is 1.99. The van der Waals surface area contributed by atoms with E-state index in [1.54, 1.807) is 30.3 Å². The third-order valence-electron chi connectivity index (χ3n) is 4.27. The number of carbonyl (C=O) groups excluding carboxylic acids is 2. The highest BCUT2D eigenvalue weighted by Gasteiger charge is 2.14. The van der Waals surface area contributed by atoms with Crippen molar-refractivity contribution in [2.24, 2.45) is 0 Å². The second-order valence-corrected chi connectivity index (χ2v) is 5.79. The topological polar surface area (TPSA) is 65.1 Å². The molecule has 0 unspecified atom stereocenters. The number of Topliss-reactive ketones (excluding diaryl/α,β-unsaturated/α-hetero) is 1. The number of hydrogen-bond acceptors (Lipinski definition) is 6. The molecule has 0 aliphatic heterocycles.